The zero-order valence-electron chi connectivity index (χ0n) is 13.5. The number of rotatable bonds is 4. The van der Waals surface area contributed by atoms with Gasteiger partial charge in [0.25, 0.3) is 0 Å². The second-order valence-corrected chi connectivity index (χ2v) is 5.87. The summed E-state index contributed by atoms with van der Waals surface area (Å²) < 4.78 is 0. The molecular formula is C20H20N2O. The average Bonchev–Trinajstić information content (AvgIpc) is 2.55. The van der Waals surface area contributed by atoms with Gasteiger partial charge in [-0.2, -0.15) is 0 Å². The van der Waals surface area contributed by atoms with Gasteiger partial charge in [0, 0.05) is 18.0 Å². The first-order valence-electron chi connectivity index (χ1n) is 7.83. The van der Waals surface area contributed by atoms with Gasteiger partial charge in [-0.05, 0) is 43.5 Å². The lowest BCUT2D eigenvalue weighted by molar-refractivity contribution is -0.116. The molecule has 0 atom stereocenters. The van der Waals surface area contributed by atoms with Crippen LogP contribution in [-0.4, -0.2) is 10.9 Å². The summed E-state index contributed by atoms with van der Waals surface area (Å²) >= 11 is 0. The third kappa shape index (κ3) is 3.57. The van der Waals surface area contributed by atoms with Gasteiger partial charge in [0.1, 0.15) is 0 Å². The fourth-order valence-electron chi connectivity index (χ4n) is 2.84. The van der Waals surface area contributed by atoms with E-state index in [2.05, 4.69) is 29.4 Å². The Balaban J connectivity index is 1.77. The van der Waals surface area contributed by atoms with Crippen molar-refractivity contribution in [3.05, 3.63) is 71.4 Å². The monoisotopic (exact) mass is 304 g/mol. The summed E-state index contributed by atoms with van der Waals surface area (Å²) in [6, 6.07) is 16.1. The molecule has 3 nitrogen and oxygen atoms in total. The molecule has 0 bridgehead atoms. The number of hydrogen-bond acceptors (Lipinski definition) is 2. The minimum absolute atomic E-state index is 0.0283. The van der Waals surface area contributed by atoms with Crippen LogP contribution in [0.3, 0.4) is 0 Å². The lowest BCUT2D eigenvalue weighted by Gasteiger charge is -2.10. The Morgan fingerprint density at radius 1 is 1.09 bits per heavy atom. The van der Waals surface area contributed by atoms with Gasteiger partial charge >= 0.3 is 0 Å². The molecule has 0 spiro atoms. The molecule has 1 aromatic heterocycles. The van der Waals surface area contributed by atoms with Gasteiger partial charge in [0.05, 0.1) is 11.2 Å². The fourth-order valence-corrected chi connectivity index (χ4v) is 2.84. The van der Waals surface area contributed by atoms with Crippen LogP contribution in [0.25, 0.3) is 10.9 Å². The highest BCUT2D eigenvalue weighted by Crippen LogP contribution is 2.25. The number of fused-ring (bicyclic) bond motifs is 1. The number of anilines is 1. The first-order valence-corrected chi connectivity index (χ1v) is 7.83. The van der Waals surface area contributed by atoms with Crippen LogP contribution < -0.4 is 5.32 Å². The summed E-state index contributed by atoms with van der Waals surface area (Å²) in [6.45, 7) is 4.10. The number of pyridine rings is 1. The number of hydrogen-bond donors (Lipinski definition) is 1. The molecule has 1 N–H and O–H groups in total. The minimum Gasteiger partial charge on any atom is -0.325 e. The van der Waals surface area contributed by atoms with Gasteiger partial charge in [-0.25, -0.2) is 0 Å². The molecule has 0 saturated heterocycles. The van der Waals surface area contributed by atoms with Crippen molar-refractivity contribution in [2.24, 2.45) is 0 Å². The second kappa shape index (κ2) is 6.61. The standard InChI is InChI=1S/C20H20N2O/c1-14-12-15(2)20-17(13-14)18(10-11-21-20)22-19(23)9-8-16-6-4-3-5-7-16/h3-7,10-13H,8-9H2,1-2H3,(H,21,22,23). The number of aromatic nitrogens is 1. The molecule has 0 saturated carbocycles. The summed E-state index contributed by atoms with van der Waals surface area (Å²) in [5, 5.41) is 4.03. The Bertz CT molecular complexity index is 841. The summed E-state index contributed by atoms with van der Waals surface area (Å²) in [5.41, 5.74) is 5.24. The van der Waals surface area contributed by atoms with Crippen LogP contribution in [-0.2, 0) is 11.2 Å². The fraction of sp³-hybridized carbons (Fsp3) is 0.200. The zero-order chi connectivity index (χ0) is 16.2. The smallest absolute Gasteiger partial charge is 0.224 e. The topological polar surface area (TPSA) is 42.0 Å². The van der Waals surface area contributed by atoms with Gasteiger partial charge in [-0.15, -0.1) is 0 Å². The first kappa shape index (κ1) is 15.2. The number of carbonyl (C=O) groups is 1. The highest BCUT2D eigenvalue weighted by molar-refractivity contribution is 6.01. The number of nitrogens with zero attached hydrogens (tertiary/aromatic N) is 1. The summed E-state index contributed by atoms with van der Waals surface area (Å²) in [5.74, 6) is 0.0283. The van der Waals surface area contributed by atoms with Crippen LogP contribution in [0.2, 0.25) is 0 Å². The molecular weight excluding hydrogens is 284 g/mol. The van der Waals surface area contributed by atoms with Crippen molar-refractivity contribution in [1.29, 1.82) is 0 Å². The van der Waals surface area contributed by atoms with Gasteiger partial charge in [-0.3, -0.25) is 9.78 Å². The molecule has 3 heteroatoms. The van der Waals surface area contributed by atoms with E-state index >= 15 is 0 Å². The quantitative estimate of drug-likeness (QED) is 0.775. The molecule has 0 fully saturated rings. The average molecular weight is 304 g/mol. The van der Waals surface area contributed by atoms with Gasteiger partial charge < -0.3 is 5.32 Å². The Morgan fingerprint density at radius 2 is 1.87 bits per heavy atom. The zero-order valence-corrected chi connectivity index (χ0v) is 13.5. The Kier molecular flexibility index (Phi) is 4.38. The molecule has 23 heavy (non-hydrogen) atoms. The summed E-state index contributed by atoms with van der Waals surface area (Å²) in [6.07, 6.45) is 2.96. The molecule has 0 radical (unpaired) electrons. The molecule has 0 aliphatic carbocycles. The van der Waals surface area contributed by atoms with E-state index in [9.17, 15) is 4.79 Å². The highest BCUT2D eigenvalue weighted by Gasteiger charge is 2.09. The van der Waals surface area contributed by atoms with Crippen LogP contribution in [0.15, 0.2) is 54.7 Å². The van der Waals surface area contributed by atoms with E-state index in [0.29, 0.717) is 6.42 Å². The van der Waals surface area contributed by atoms with Crippen molar-refractivity contribution in [2.75, 3.05) is 5.32 Å². The minimum atomic E-state index is 0.0283. The SMILES string of the molecule is Cc1cc(C)c2nccc(NC(=O)CCc3ccccc3)c2c1. The van der Waals surface area contributed by atoms with E-state index in [1.807, 2.05) is 43.3 Å². The van der Waals surface area contributed by atoms with Crippen LogP contribution in [0, 0.1) is 13.8 Å². The van der Waals surface area contributed by atoms with Gasteiger partial charge in [0.15, 0.2) is 0 Å². The van der Waals surface area contributed by atoms with Crippen LogP contribution >= 0.6 is 0 Å². The van der Waals surface area contributed by atoms with Crippen LogP contribution in [0.5, 0.6) is 0 Å². The third-order valence-electron chi connectivity index (χ3n) is 3.94. The van der Waals surface area contributed by atoms with Gasteiger partial charge in [-0.1, -0.05) is 42.0 Å². The summed E-state index contributed by atoms with van der Waals surface area (Å²) in [4.78, 5) is 16.7. The molecule has 3 rings (SSSR count). The maximum atomic E-state index is 12.3. The predicted octanol–water partition coefficient (Wildman–Crippen LogP) is 4.42. The maximum absolute atomic E-state index is 12.3. The molecule has 1 heterocycles. The predicted molar refractivity (Wildman–Crippen MR) is 94.6 cm³/mol. The van der Waals surface area contributed by atoms with E-state index in [-0.39, 0.29) is 5.91 Å². The number of nitrogens with one attached hydrogen (secondary N) is 1. The number of benzene rings is 2. The number of amides is 1. The lowest BCUT2D eigenvalue weighted by atomic mass is 10.1. The van der Waals surface area contributed by atoms with Gasteiger partial charge in [0.2, 0.25) is 5.91 Å². The van der Waals surface area contributed by atoms with Crippen molar-refractivity contribution in [3.63, 3.8) is 0 Å². The first-order chi connectivity index (χ1) is 11.1. The van der Waals surface area contributed by atoms with Crippen LogP contribution in [0.4, 0.5) is 5.69 Å². The molecule has 0 unspecified atom stereocenters. The molecule has 0 aliphatic heterocycles. The normalized spacial score (nSPS) is 10.7. The van der Waals surface area contributed by atoms with Crippen molar-refractivity contribution >= 4 is 22.5 Å². The Labute approximate surface area is 136 Å². The van der Waals surface area contributed by atoms with E-state index < -0.39 is 0 Å². The van der Waals surface area contributed by atoms with Crippen molar-refractivity contribution in [1.82, 2.24) is 4.98 Å². The van der Waals surface area contributed by atoms with E-state index in [1.165, 1.54) is 11.1 Å². The maximum Gasteiger partial charge on any atom is 0.224 e. The second-order valence-electron chi connectivity index (χ2n) is 5.87. The van der Waals surface area contributed by atoms with Crippen molar-refractivity contribution in [3.8, 4) is 0 Å². The molecule has 2 aromatic carbocycles. The number of aryl methyl sites for hydroxylation is 3. The molecule has 1 amide bonds. The molecule has 116 valence electrons. The molecule has 0 aliphatic rings. The van der Waals surface area contributed by atoms with Crippen molar-refractivity contribution in [2.45, 2.75) is 26.7 Å². The lowest BCUT2D eigenvalue weighted by Crippen LogP contribution is -2.12. The molecule has 3 aromatic rings. The summed E-state index contributed by atoms with van der Waals surface area (Å²) in [7, 11) is 0. The van der Waals surface area contributed by atoms with Crippen LogP contribution in [0.1, 0.15) is 23.1 Å². The van der Waals surface area contributed by atoms with E-state index in [0.717, 1.165) is 28.6 Å². The largest absolute Gasteiger partial charge is 0.325 e. The Morgan fingerprint density at radius 3 is 2.65 bits per heavy atom. The van der Waals surface area contributed by atoms with E-state index in [1.54, 1.807) is 6.20 Å². The van der Waals surface area contributed by atoms with Crippen molar-refractivity contribution < 1.29 is 4.79 Å². The van der Waals surface area contributed by atoms with E-state index in [4.69, 9.17) is 0 Å². The Hall–Kier alpha value is -2.68. The number of carbonyl (C=O) groups excluding carboxylic acids is 1. The third-order valence-corrected chi connectivity index (χ3v) is 3.94. The highest BCUT2D eigenvalue weighted by atomic mass is 16.1.